The van der Waals surface area contributed by atoms with Crippen LogP contribution in [0.1, 0.15) is 72.5 Å². The number of oxime groups is 1. The van der Waals surface area contributed by atoms with Gasteiger partial charge < -0.3 is 9.74 Å². The van der Waals surface area contributed by atoms with E-state index in [0.29, 0.717) is 25.4 Å². The number of hydrogen-bond donors (Lipinski definition) is 0. The van der Waals surface area contributed by atoms with E-state index in [1.807, 2.05) is 24.8 Å². The van der Waals surface area contributed by atoms with Gasteiger partial charge in [0.25, 0.3) is 0 Å². The third-order valence-corrected chi connectivity index (χ3v) is 8.66. The molecule has 0 bridgehead atoms. The highest BCUT2D eigenvalue weighted by Gasteiger charge is 2.30. The number of piperidine rings is 1. The molecule has 2 aliphatic rings. The molecule has 2 aromatic carbocycles. The lowest BCUT2D eigenvalue weighted by Crippen LogP contribution is -2.39. The van der Waals surface area contributed by atoms with Crippen LogP contribution in [0.25, 0.3) is 0 Å². The summed E-state index contributed by atoms with van der Waals surface area (Å²) in [6.07, 6.45) is 3.13. The molecule has 1 atom stereocenters. The van der Waals surface area contributed by atoms with Gasteiger partial charge in [-0.15, -0.1) is 16.4 Å². The SMILES string of the molecule is CC.O=C(Cn1nc(Cl)nc1Cl)N1CCC(c2nc(C3=NOC(c4ccccc4Cc4ccccc4)C3)cs2)CC1. The molecule has 2 aromatic heterocycles. The van der Waals surface area contributed by atoms with E-state index in [9.17, 15) is 4.79 Å². The molecule has 0 N–H and O–H groups in total. The molecule has 8 nitrogen and oxygen atoms in total. The minimum Gasteiger partial charge on any atom is -0.387 e. The summed E-state index contributed by atoms with van der Waals surface area (Å²) in [6.45, 7) is 5.34. The number of hydrogen-bond acceptors (Lipinski definition) is 7. The number of carbonyl (C=O) groups is 1. The predicted molar refractivity (Wildman–Crippen MR) is 163 cm³/mol. The number of rotatable bonds is 7. The predicted octanol–water partition coefficient (Wildman–Crippen LogP) is 6.93. The van der Waals surface area contributed by atoms with Crippen LogP contribution in [0.3, 0.4) is 0 Å². The Kier molecular flexibility index (Phi) is 9.69. The number of thiazole rings is 1. The van der Waals surface area contributed by atoms with Gasteiger partial charge in [0.2, 0.25) is 16.5 Å². The van der Waals surface area contributed by atoms with E-state index in [1.165, 1.54) is 21.4 Å². The van der Waals surface area contributed by atoms with E-state index in [-0.39, 0.29) is 29.1 Å². The molecule has 41 heavy (non-hydrogen) atoms. The van der Waals surface area contributed by atoms with Crippen LogP contribution in [0.15, 0.2) is 65.1 Å². The Hall–Kier alpha value is -3.27. The number of benzene rings is 2. The highest BCUT2D eigenvalue weighted by molar-refractivity contribution is 7.10. The molecule has 6 rings (SSSR count). The van der Waals surface area contributed by atoms with Crippen LogP contribution in [0.5, 0.6) is 0 Å². The van der Waals surface area contributed by atoms with Gasteiger partial charge in [-0.3, -0.25) is 4.79 Å². The average molecular weight is 612 g/mol. The Morgan fingerprint density at radius 2 is 1.76 bits per heavy atom. The first-order chi connectivity index (χ1) is 20.0. The molecule has 1 amide bonds. The molecule has 1 saturated heterocycles. The van der Waals surface area contributed by atoms with Crippen molar-refractivity contribution < 1.29 is 9.63 Å². The van der Waals surface area contributed by atoms with Crippen LogP contribution in [-0.2, 0) is 22.6 Å². The Balaban J connectivity index is 0.00000165. The molecule has 0 saturated carbocycles. The summed E-state index contributed by atoms with van der Waals surface area (Å²) in [5.74, 6) is 0.260. The normalized spacial score (nSPS) is 17.0. The van der Waals surface area contributed by atoms with Gasteiger partial charge in [-0.25, -0.2) is 9.67 Å². The fourth-order valence-electron chi connectivity index (χ4n) is 5.13. The lowest BCUT2D eigenvalue weighted by atomic mass is 9.94. The number of likely N-dealkylation sites (tertiary alicyclic amines) is 1. The molecule has 0 aliphatic carbocycles. The van der Waals surface area contributed by atoms with Crippen molar-refractivity contribution in [3.63, 3.8) is 0 Å². The second-order valence-corrected chi connectivity index (χ2v) is 11.3. The van der Waals surface area contributed by atoms with E-state index in [0.717, 1.165) is 35.7 Å². The number of halogens is 2. The molecule has 2 aliphatic heterocycles. The molecule has 11 heteroatoms. The summed E-state index contributed by atoms with van der Waals surface area (Å²) in [5.41, 5.74) is 5.46. The van der Waals surface area contributed by atoms with Crippen molar-refractivity contribution in [2.24, 2.45) is 5.16 Å². The number of aromatic nitrogens is 4. The van der Waals surface area contributed by atoms with Crippen molar-refractivity contribution in [1.29, 1.82) is 0 Å². The fraction of sp³-hybridized carbons (Fsp3) is 0.367. The van der Waals surface area contributed by atoms with Crippen LogP contribution >= 0.6 is 34.5 Å². The van der Waals surface area contributed by atoms with Gasteiger partial charge in [-0.05, 0) is 59.2 Å². The summed E-state index contributed by atoms with van der Waals surface area (Å²) in [5, 5.41) is 11.7. The summed E-state index contributed by atoms with van der Waals surface area (Å²) >= 11 is 13.4. The van der Waals surface area contributed by atoms with Crippen LogP contribution in [0.4, 0.5) is 0 Å². The number of nitrogens with zero attached hydrogens (tertiary/aromatic N) is 6. The zero-order valence-electron chi connectivity index (χ0n) is 23.0. The summed E-state index contributed by atoms with van der Waals surface area (Å²) in [6, 6.07) is 18.9. The first kappa shape index (κ1) is 29.2. The van der Waals surface area contributed by atoms with Crippen molar-refractivity contribution in [3.8, 4) is 0 Å². The average Bonchev–Trinajstić information content (AvgIpc) is 3.75. The second kappa shape index (κ2) is 13.6. The standard InChI is InChI=1S/C28H26Cl2N6O2S.C2H6/c29-27-32-28(30)36(33-27)16-25(37)35-12-10-19(11-13-35)26-31-23(17-39-26)22-15-24(38-34-22)21-9-5-4-8-20(21)14-18-6-2-1-3-7-18;1-2/h1-9,17,19,24H,10-16H2;1-2H3. The summed E-state index contributed by atoms with van der Waals surface area (Å²) in [7, 11) is 0. The molecule has 0 radical (unpaired) electrons. The quantitative estimate of drug-likeness (QED) is 0.226. The molecule has 1 fully saturated rings. The fourth-order valence-corrected chi connectivity index (χ4v) is 6.52. The maximum absolute atomic E-state index is 12.7. The van der Waals surface area contributed by atoms with Gasteiger partial charge in [0, 0.05) is 30.8 Å². The van der Waals surface area contributed by atoms with Crippen LogP contribution < -0.4 is 0 Å². The van der Waals surface area contributed by atoms with Crippen LogP contribution in [-0.4, -0.2) is 49.4 Å². The highest BCUT2D eigenvalue weighted by atomic mass is 35.5. The minimum atomic E-state index is -0.118. The van der Waals surface area contributed by atoms with Crippen LogP contribution in [0, 0.1) is 0 Å². The number of amides is 1. The van der Waals surface area contributed by atoms with E-state index in [2.05, 4.69) is 69.1 Å². The molecule has 1 unspecified atom stereocenters. The van der Waals surface area contributed by atoms with Gasteiger partial charge in [0.15, 0.2) is 6.10 Å². The monoisotopic (exact) mass is 610 g/mol. The Labute approximate surface area is 254 Å². The largest absolute Gasteiger partial charge is 0.387 e. The van der Waals surface area contributed by atoms with Crippen molar-refractivity contribution in [2.75, 3.05) is 13.1 Å². The molecule has 0 spiro atoms. The van der Waals surface area contributed by atoms with Crippen molar-refractivity contribution >= 4 is 46.2 Å². The third-order valence-electron chi connectivity index (χ3n) is 7.21. The molecule has 4 aromatic rings. The zero-order chi connectivity index (χ0) is 28.8. The summed E-state index contributed by atoms with van der Waals surface area (Å²) in [4.78, 5) is 29.2. The smallest absolute Gasteiger partial charge is 0.244 e. The van der Waals surface area contributed by atoms with Crippen molar-refractivity contribution in [1.82, 2.24) is 24.6 Å². The zero-order valence-corrected chi connectivity index (χ0v) is 25.4. The van der Waals surface area contributed by atoms with E-state index in [1.54, 1.807) is 11.3 Å². The topological polar surface area (TPSA) is 85.5 Å². The van der Waals surface area contributed by atoms with Gasteiger partial charge >= 0.3 is 0 Å². The lowest BCUT2D eigenvalue weighted by molar-refractivity contribution is -0.133. The van der Waals surface area contributed by atoms with E-state index < -0.39 is 0 Å². The molecular formula is C30H32Cl2N6O2S. The summed E-state index contributed by atoms with van der Waals surface area (Å²) < 4.78 is 1.32. The van der Waals surface area contributed by atoms with Crippen LogP contribution in [0.2, 0.25) is 10.6 Å². The first-order valence-corrected chi connectivity index (χ1v) is 15.5. The first-order valence-electron chi connectivity index (χ1n) is 13.9. The van der Waals surface area contributed by atoms with Crippen molar-refractivity contribution in [3.05, 3.63) is 97.9 Å². The van der Waals surface area contributed by atoms with Gasteiger partial charge in [0.1, 0.15) is 12.3 Å². The minimum absolute atomic E-state index is 0.0279. The Morgan fingerprint density at radius 1 is 1.02 bits per heavy atom. The van der Waals surface area contributed by atoms with Gasteiger partial charge in [-0.1, -0.05) is 73.6 Å². The molecular weight excluding hydrogens is 579 g/mol. The van der Waals surface area contributed by atoms with E-state index in [4.69, 9.17) is 33.0 Å². The Morgan fingerprint density at radius 3 is 2.49 bits per heavy atom. The van der Waals surface area contributed by atoms with E-state index >= 15 is 0 Å². The van der Waals surface area contributed by atoms with Gasteiger partial charge in [0.05, 0.1) is 10.7 Å². The maximum Gasteiger partial charge on any atom is 0.244 e. The lowest BCUT2D eigenvalue weighted by Gasteiger charge is -2.31. The van der Waals surface area contributed by atoms with Crippen molar-refractivity contribution in [2.45, 2.75) is 58.1 Å². The van der Waals surface area contributed by atoms with Gasteiger partial charge in [-0.2, -0.15) is 4.98 Å². The molecule has 4 heterocycles. The second-order valence-electron chi connectivity index (χ2n) is 9.73. The number of carbonyl (C=O) groups excluding carboxylic acids is 1. The molecule has 214 valence electrons. The highest BCUT2D eigenvalue weighted by Crippen LogP contribution is 2.35. The maximum atomic E-state index is 12.7. The Bertz CT molecular complexity index is 1500. The third kappa shape index (κ3) is 6.97.